The molecule has 0 saturated carbocycles. The van der Waals surface area contributed by atoms with Crippen LogP contribution in [-0.2, 0) is 18.3 Å². The first-order valence-corrected chi connectivity index (χ1v) is 10.5. The van der Waals surface area contributed by atoms with E-state index in [9.17, 15) is 9.18 Å². The number of carbonyl (C=O) groups is 1. The Balaban J connectivity index is 1.57. The van der Waals surface area contributed by atoms with Crippen LogP contribution < -0.4 is 5.32 Å². The molecule has 0 radical (unpaired) electrons. The Bertz CT molecular complexity index is 1240. The average Bonchev–Trinajstić information content (AvgIpc) is 3.22. The van der Waals surface area contributed by atoms with Crippen LogP contribution in [-0.4, -0.2) is 20.7 Å². The van der Waals surface area contributed by atoms with E-state index in [1.807, 2.05) is 62.8 Å². The molecular weight excluding hydrogens is 391 g/mol. The highest BCUT2D eigenvalue weighted by atomic mass is 19.1. The van der Waals surface area contributed by atoms with E-state index in [2.05, 4.69) is 15.4 Å². The molecule has 0 spiro atoms. The number of hydrogen-bond acceptors (Lipinski definition) is 2. The van der Waals surface area contributed by atoms with Gasteiger partial charge in [-0.15, -0.1) is 0 Å². The average molecular weight is 419 g/mol. The molecule has 2 aromatic heterocycles. The third-order valence-electron chi connectivity index (χ3n) is 5.91. The first-order chi connectivity index (χ1) is 14.8. The molecule has 0 bridgehead atoms. The lowest BCUT2D eigenvalue weighted by molar-refractivity contribution is -0.121. The minimum absolute atomic E-state index is 0.0417. The Morgan fingerprint density at radius 1 is 1.19 bits per heavy atom. The van der Waals surface area contributed by atoms with Crippen molar-refractivity contribution in [3.05, 3.63) is 76.9 Å². The highest BCUT2D eigenvalue weighted by Crippen LogP contribution is 2.32. The summed E-state index contributed by atoms with van der Waals surface area (Å²) in [5.41, 5.74) is 6.79. The summed E-state index contributed by atoms with van der Waals surface area (Å²) in [6.45, 7) is 5.94. The van der Waals surface area contributed by atoms with Crippen LogP contribution in [0.25, 0.3) is 22.2 Å². The highest BCUT2D eigenvalue weighted by molar-refractivity contribution is 5.91. The van der Waals surface area contributed by atoms with Crippen molar-refractivity contribution in [2.24, 2.45) is 7.05 Å². The van der Waals surface area contributed by atoms with E-state index in [1.165, 1.54) is 12.1 Å². The molecule has 1 unspecified atom stereocenters. The van der Waals surface area contributed by atoms with E-state index in [0.717, 1.165) is 44.7 Å². The van der Waals surface area contributed by atoms with E-state index in [0.29, 0.717) is 12.8 Å². The number of aromatic nitrogens is 3. The normalized spacial score (nSPS) is 12.3. The van der Waals surface area contributed by atoms with Crippen LogP contribution in [0, 0.1) is 19.7 Å². The van der Waals surface area contributed by atoms with Crippen molar-refractivity contribution in [2.45, 2.75) is 39.7 Å². The van der Waals surface area contributed by atoms with E-state index in [-0.39, 0.29) is 17.8 Å². The number of amides is 1. The molecule has 160 valence electrons. The molecule has 0 aliphatic carbocycles. The first-order valence-electron chi connectivity index (χ1n) is 10.5. The largest absolute Gasteiger partial charge is 0.354 e. The van der Waals surface area contributed by atoms with E-state index >= 15 is 0 Å². The SMILES string of the molecule is Cc1nn(C)c(C)c1C(C)NC(=O)CCc1c(-c2ccccc2)[nH]c2ccc(F)cc12. The van der Waals surface area contributed by atoms with Gasteiger partial charge in [-0.25, -0.2) is 4.39 Å². The molecule has 2 heterocycles. The summed E-state index contributed by atoms with van der Waals surface area (Å²) < 4.78 is 15.8. The molecule has 0 fully saturated rings. The number of H-pyrrole nitrogens is 1. The van der Waals surface area contributed by atoms with Crippen LogP contribution in [0.3, 0.4) is 0 Å². The number of rotatable bonds is 6. The number of benzene rings is 2. The molecule has 0 aliphatic rings. The number of aryl methyl sites for hydroxylation is 3. The van der Waals surface area contributed by atoms with Crippen LogP contribution in [0.4, 0.5) is 4.39 Å². The van der Waals surface area contributed by atoms with Crippen molar-refractivity contribution < 1.29 is 9.18 Å². The summed E-state index contributed by atoms with van der Waals surface area (Å²) in [4.78, 5) is 16.2. The maximum Gasteiger partial charge on any atom is 0.220 e. The molecule has 2 N–H and O–H groups in total. The van der Waals surface area contributed by atoms with Gasteiger partial charge in [-0.05, 0) is 56.5 Å². The number of nitrogens with one attached hydrogen (secondary N) is 2. The summed E-state index contributed by atoms with van der Waals surface area (Å²) in [5.74, 6) is -0.326. The lowest BCUT2D eigenvalue weighted by atomic mass is 10.0. The Morgan fingerprint density at radius 2 is 1.94 bits per heavy atom. The second kappa shape index (κ2) is 8.38. The summed E-state index contributed by atoms with van der Waals surface area (Å²) in [6, 6.07) is 14.5. The van der Waals surface area contributed by atoms with E-state index < -0.39 is 0 Å². The fraction of sp³-hybridized carbons (Fsp3) is 0.280. The Hall–Kier alpha value is -3.41. The van der Waals surface area contributed by atoms with Crippen LogP contribution in [0.2, 0.25) is 0 Å². The van der Waals surface area contributed by atoms with Gasteiger partial charge < -0.3 is 10.3 Å². The molecule has 2 aromatic carbocycles. The number of carbonyl (C=O) groups excluding carboxylic acids is 1. The lowest BCUT2D eigenvalue weighted by Crippen LogP contribution is -2.27. The van der Waals surface area contributed by atoms with Crippen molar-refractivity contribution >= 4 is 16.8 Å². The fourth-order valence-corrected chi connectivity index (χ4v) is 4.37. The number of fused-ring (bicyclic) bond motifs is 1. The van der Waals surface area contributed by atoms with Gasteiger partial charge in [-0.3, -0.25) is 9.48 Å². The van der Waals surface area contributed by atoms with Gasteiger partial charge in [0.05, 0.1) is 11.7 Å². The smallest absolute Gasteiger partial charge is 0.220 e. The van der Waals surface area contributed by atoms with Gasteiger partial charge in [0.15, 0.2) is 0 Å². The van der Waals surface area contributed by atoms with Gasteiger partial charge in [0.25, 0.3) is 0 Å². The first kappa shape index (κ1) is 20.8. The molecule has 4 rings (SSSR count). The van der Waals surface area contributed by atoms with Crippen LogP contribution in [0.15, 0.2) is 48.5 Å². The summed E-state index contributed by atoms with van der Waals surface area (Å²) in [5, 5.41) is 8.35. The standard InChI is InChI=1S/C25H27FN4O/c1-15(24-16(2)29-30(4)17(24)3)27-23(31)13-11-20-21-14-19(26)10-12-22(21)28-25(20)18-8-6-5-7-9-18/h5-10,12,14-15,28H,11,13H2,1-4H3,(H,27,31). The predicted octanol–water partition coefficient (Wildman–Crippen LogP) is 5.13. The zero-order chi connectivity index (χ0) is 22.1. The zero-order valence-corrected chi connectivity index (χ0v) is 18.3. The maximum atomic E-state index is 14.0. The zero-order valence-electron chi connectivity index (χ0n) is 18.3. The fourth-order valence-electron chi connectivity index (χ4n) is 4.37. The molecule has 0 aliphatic heterocycles. The van der Waals surface area contributed by atoms with Gasteiger partial charge in [-0.2, -0.15) is 5.10 Å². The molecular formula is C25H27FN4O. The van der Waals surface area contributed by atoms with Crippen molar-refractivity contribution in [3.63, 3.8) is 0 Å². The highest BCUT2D eigenvalue weighted by Gasteiger charge is 2.19. The van der Waals surface area contributed by atoms with E-state index in [4.69, 9.17) is 0 Å². The molecule has 4 aromatic rings. The predicted molar refractivity (Wildman–Crippen MR) is 121 cm³/mol. The second-order valence-electron chi connectivity index (χ2n) is 8.03. The molecule has 5 nitrogen and oxygen atoms in total. The third kappa shape index (κ3) is 4.10. The van der Waals surface area contributed by atoms with Gasteiger partial charge in [0, 0.05) is 41.3 Å². The van der Waals surface area contributed by atoms with Crippen molar-refractivity contribution in [3.8, 4) is 11.3 Å². The quantitative estimate of drug-likeness (QED) is 0.456. The van der Waals surface area contributed by atoms with Gasteiger partial charge in [0.1, 0.15) is 5.82 Å². The molecule has 0 saturated heterocycles. The van der Waals surface area contributed by atoms with Crippen LogP contribution >= 0.6 is 0 Å². The maximum absolute atomic E-state index is 14.0. The number of halogens is 1. The monoisotopic (exact) mass is 418 g/mol. The lowest BCUT2D eigenvalue weighted by Gasteiger charge is -2.15. The minimum Gasteiger partial charge on any atom is -0.354 e. The molecule has 1 atom stereocenters. The minimum atomic E-state index is -0.284. The molecule has 6 heteroatoms. The van der Waals surface area contributed by atoms with Crippen LogP contribution in [0.5, 0.6) is 0 Å². The summed E-state index contributed by atoms with van der Waals surface area (Å²) in [6.07, 6.45) is 0.823. The van der Waals surface area contributed by atoms with Crippen molar-refractivity contribution in [1.82, 2.24) is 20.1 Å². The van der Waals surface area contributed by atoms with Crippen molar-refractivity contribution in [1.29, 1.82) is 0 Å². The second-order valence-corrected chi connectivity index (χ2v) is 8.03. The van der Waals surface area contributed by atoms with Crippen molar-refractivity contribution in [2.75, 3.05) is 0 Å². The molecule has 1 amide bonds. The van der Waals surface area contributed by atoms with Gasteiger partial charge in [0.2, 0.25) is 5.91 Å². The van der Waals surface area contributed by atoms with Crippen LogP contribution in [0.1, 0.15) is 41.9 Å². The van der Waals surface area contributed by atoms with Gasteiger partial charge in [-0.1, -0.05) is 30.3 Å². The Labute approximate surface area is 181 Å². The molecule has 31 heavy (non-hydrogen) atoms. The van der Waals surface area contributed by atoms with Gasteiger partial charge >= 0.3 is 0 Å². The Kier molecular flexibility index (Phi) is 5.63. The topological polar surface area (TPSA) is 62.7 Å². The number of aromatic amines is 1. The number of nitrogens with zero attached hydrogens (tertiary/aromatic N) is 2. The number of hydrogen-bond donors (Lipinski definition) is 2. The Morgan fingerprint density at radius 3 is 2.61 bits per heavy atom. The third-order valence-corrected chi connectivity index (χ3v) is 5.91. The summed E-state index contributed by atoms with van der Waals surface area (Å²) >= 11 is 0. The summed E-state index contributed by atoms with van der Waals surface area (Å²) in [7, 11) is 1.90. The van der Waals surface area contributed by atoms with E-state index in [1.54, 1.807) is 6.07 Å².